The Bertz CT molecular complexity index is 337. The molecule has 90 valence electrons. The van der Waals surface area contributed by atoms with E-state index in [2.05, 4.69) is 23.8 Å². The van der Waals surface area contributed by atoms with Gasteiger partial charge in [-0.15, -0.1) is 0 Å². The highest BCUT2D eigenvalue weighted by Gasteiger charge is 2.07. The predicted molar refractivity (Wildman–Crippen MR) is 70.4 cm³/mol. The average Bonchev–Trinajstić information content (AvgIpc) is 2.16. The molecule has 2 N–H and O–H groups in total. The summed E-state index contributed by atoms with van der Waals surface area (Å²) >= 11 is 1.88. The molecule has 0 aliphatic heterocycles. The largest absolute Gasteiger partial charge is 0.324 e. The molecule has 1 atom stereocenters. The third kappa shape index (κ3) is 4.10. The van der Waals surface area contributed by atoms with Crippen LogP contribution in [0.2, 0.25) is 0 Å². The second-order valence-electron chi connectivity index (χ2n) is 4.52. The van der Waals surface area contributed by atoms with Crippen LogP contribution in [0.15, 0.2) is 6.20 Å². The van der Waals surface area contributed by atoms with Crippen molar-refractivity contribution in [2.75, 3.05) is 5.75 Å². The van der Waals surface area contributed by atoms with Gasteiger partial charge in [0.25, 0.3) is 0 Å². The molecule has 1 rings (SSSR count). The molecule has 0 aliphatic rings. The summed E-state index contributed by atoms with van der Waals surface area (Å²) in [6.07, 6.45) is 1.86. The van der Waals surface area contributed by atoms with Gasteiger partial charge in [-0.1, -0.05) is 13.8 Å². The summed E-state index contributed by atoms with van der Waals surface area (Å²) in [7, 11) is 0. The summed E-state index contributed by atoms with van der Waals surface area (Å²) < 4.78 is 0. The number of nitrogens with two attached hydrogens (primary N) is 1. The molecule has 0 fully saturated rings. The van der Waals surface area contributed by atoms with E-state index in [-0.39, 0.29) is 6.04 Å². The topological polar surface area (TPSA) is 51.8 Å². The van der Waals surface area contributed by atoms with Crippen molar-refractivity contribution in [3.05, 3.63) is 23.3 Å². The average molecular weight is 239 g/mol. The highest BCUT2D eigenvalue weighted by atomic mass is 32.2. The van der Waals surface area contributed by atoms with E-state index in [9.17, 15) is 0 Å². The lowest BCUT2D eigenvalue weighted by Crippen LogP contribution is -2.10. The van der Waals surface area contributed by atoms with Crippen LogP contribution >= 0.6 is 11.8 Å². The zero-order chi connectivity index (χ0) is 12.1. The Kier molecular flexibility index (Phi) is 5.22. The molecule has 16 heavy (non-hydrogen) atoms. The molecule has 0 radical (unpaired) electrons. The number of aromatic nitrogens is 2. The molecule has 0 aromatic carbocycles. The van der Waals surface area contributed by atoms with Gasteiger partial charge in [0.15, 0.2) is 0 Å². The Morgan fingerprint density at radius 1 is 1.38 bits per heavy atom. The summed E-state index contributed by atoms with van der Waals surface area (Å²) in [5.41, 5.74) is 7.86. The Morgan fingerprint density at radius 3 is 2.56 bits per heavy atom. The molecule has 1 heterocycles. The van der Waals surface area contributed by atoms with Crippen molar-refractivity contribution in [2.24, 2.45) is 11.7 Å². The maximum absolute atomic E-state index is 5.82. The first-order chi connectivity index (χ1) is 7.50. The lowest BCUT2D eigenvalue weighted by Gasteiger charge is -2.10. The maximum Gasteiger partial charge on any atom is 0.138 e. The van der Waals surface area contributed by atoms with Crippen molar-refractivity contribution in [1.29, 1.82) is 0 Å². The van der Waals surface area contributed by atoms with Gasteiger partial charge in [-0.3, -0.25) is 0 Å². The number of hydrogen-bond acceptors (Lipinski definition) is 4. The number of hydrogen-bond donors (Lipinski definition) is 1. The summed E-state index contributed by atoms with van der Waals surface area (Å²) in [5.74, 6) is 3.66. The predicted octanol–water partition coefficient (Wildman–Crippen LogP) is 2.69. The van der Waals surface area contributed by atoms with Crippen LogP contribution in [-0.2, 0) is 5.75 Å². The van der Waals surface area contributed by atoms with Crippen molar-refractivity contribution in [2.45, 2.75) is 39.5 Å². The Hall–Kier alpha value is -0.610. The fraction of sp³-hybridized carbons (Fsp3) is 0.667. The van der Waals surface area contributed by atoms with Crippen LogP contribution in [0.25, 0.3) is 0 Å². The standard InChI is InChI=1S/C12H21N3S/c1-8(2)6-16-7-12-14-5-11(9(3)13)10(4)15-12/h5,8-9H,6-7,13H2,1-4H3/t9-/m1/s1. The van der Waals surface area contributed by atoms with Gasteiger partial charge in [0, 0.05) is 23.5 Å². The fourth-order valence-corrected chi connectivity index (χ4v) is 2.34. The molecule has 1 aromatic heterocycles. The van der Waals surface area contributed by atoms with Crippen LogP contribution in [0.5, 0.6) is 0 Å². The monoisotopic (exact) mass is 239 g/mol. The third-order valence-corrected chi connectivity index (χ3v) is 3.60. The molecule has 0 spiro atoms. The first-order valence-corrected chi connectivity index (χ1v) is 6.82. The van der Waals surface area contributed by atoms with E-state index in [1.54, 1.807) is 0 Å². The van der Waals surface area contributed by atoms with Gasteiger partial charge >= 0.3 is 0 Å². The minimum atomic E-state index is 0.0115. The zero-order valence-corrected chi connectivity index (χ0v) is 11.3. The second kappa shape index (κ2) is 6.21. The molecular weight excluding hydrogens is 218 g/mol. The highest BCUT2D eigenvalue weighted by Crippen LogP contribution is 2.16. The normalized spacial score (nSPS) is 13.1. The van der Waals surface area contributed by atoms with Gasteiger partial charge in [0.2, 0.25) is 0 Å². The van der Waals surface area contributed by atoms with Crippen LogP contribution in [-0.4, -0.2) is 15.7 Å². The molecule has 0 saturated carbocycles. The lowest BCUT2D eigenvalue weighted by atomic mass is 10.1. The SMILES string of the molecule is Cc1nc(CSCC(C)C)ncc1[C@@H](C)N. The van der Waals surface area contributed by atoms with Gasteiger partial charge in [0.1, 0.15) is 5.82 Å². The van der Waals surface area contributed by atoms with Gasteiger partial charge in [-0.2, -0.15) is 11.8 Å². The van der Waals surface area contributed by atoms with Crippen molar-refractivity contribution in [3.63, 3.8) is 0 Å². The van der Waals surface area contributed by atoms with Gasteiger partial charge < -0.3 is 5.73 Å². The minimum absolute atomic E-state index is 0.0115. The molecule has 0 bridgehead atoms. The Morgan fingerprint density at radius 2 is 2.06 bits per heavy atom. The maximum atomic E-state index is 5.82. The quantitative estimate of drug-likeness (QED) is 0.858. The first-order valence-electron chi connectivity index (χ1n) is 5.66. The lowest BCUT2D eigenvalue weighted by molar-refractivity contribution is 0.749. The van der Waals surface area contributed by atoms with Gasteiger partial charge in [-0.05, 0) is 25.5 Å². The smallest absolute Gasteiger partial charge is 0.138 e. The minimum Gasteiger partial charge on any atom is -0.324 e. The molecule has 0 aliphatic carbocycles. The first kappa shape index (κ1) is 13.5. The Labute approximate surface area is 102 Å². The summed E-state index contributed by atoms with van der Waals surface area (Å²) in [6, 6.07) is 0.0115. The van der Waals surface area contributed by atoms with E-state index in [1.165, 1.54) is 0 Å². The summed E-state index contributed by atoms with van der Waals surface area (Å²) in [6.45, 7) is 8.40. The van der Waals surface area contributed by atoms with E-state index >= 15 is 0 Å². The van der Waals surface area contributed by atoms with Crippen LogP contribution in [0.3, 0.4) is 0 Å². The van der Waals surface area contributed by atoms with Crippen LogP contribution < -0.4 is 5.73 Å². The molecule has 0 saturated heterocycles. The number of aryl methyl sites for hydroxylation is 1. The fourth-order valence-electron chi connectivity index (χ4n) is 1.43. The molecule has 1 aromatic rings. The van der Waals surface area contributed by atoms with Crippen molar-refractivity contribution in [1.82, 2.24) is 9.97 Å². The van der Waals surface area contributed by atoms with E-state index < -0.39 is 0 Å². The van der Waals surface area contributed by atoms with E-state index in [4.69, 9.17) is 5.73 Å². The molecule has 0 amide bonds. The molecule has 4 heteroatoms. The Balaban J connectivity index is 2.59. The van der Waals surface area contributed by atoms with E-state index in [0.717, 1.165) is 34.5 Å². The molecule has 0 unspecified atom stereocenters. The van der Waals surface area contributed by atoms with Crippen molar-refractivity contribution < 1.29 is 0 Å². The highest BCUT2D eigenvalue weighted by molar-refractivity contribution is 7.98. The second-order valence-corrected chi connectivity index (χ2v) is 5.55. The number of rotatable bonds is 5. The van der Waals surface area contributed by atoms with Gasteiger partial charge in [-0.25, -0.2) is 9.97 Å². The van der Waals surface area contributed by atoms with Gasteiger partial charge in [0.05, 0.1) is 5.75 Å². The van der Waals surface area contributed by atoms with Crippen LogP contribution in [0.1, 0.15) is 43.9 Å². The summed E-state index contributed by atoms with van der Waals surface area (Å²) in [4.78, 5) is 8.82. The third-order valence-electron chi connectivity index (χ3n) is 2.24. The zero-order valence-electron chi connectivity index (χ0n) is 10.5. The van der Waals surface area contributed by atoms with E-state index in [1.807, 2.05) is 31.8 Å². The van der Waals surface area contributed by atoms with Crippen molar-refractivity contribution in [3.8, 4) is 0 Å². The van der Waals surface area contributed by atoms with Crippen LogP contribution in [0, 0.1) is 12.8 Å². The number of thioether (sulfide) groups is 1. The molecule has 3 nitrogen and oxygen atoms in total. The molecular formula is C12H21N3S. The van der Waals surface area contributed by atoms with Crippen LogP contribution in [0.4, 0.5) is 0 Å². The summed E-state index contributed by atoms with van der Waals surface area (Å²) in [5, 5.41) is 0. The van der Waals surface area contributed by atoms with E-state index in [0.29, 0.717) is 0 Å². The van der Waals surface area contributed by atoms with Crippen molar-refractivity contribution >= 4 is 11.8 Å². The number of nitrogens with zero attached hydrogens (tertiary/aromatic N) is 2.